The lowest BCUT2D eigenvalue weighted by Gasteiger charge is -2.13. The Morgan fingerprint density at radius 3 is 2.81 bits per heavy atom. The number of aromatic nitrogens is 1. The molecule has 0 aliphatic rings. The van der Waals surface area contributed by atoms with E-state index in [1.165, 1.54) is 5.56 Å². The number of nitrogens with zero attached hydrogens (tertiary/aromatic N) is 1. The first-order valence-electron chi connectivity index (χ1n) is 6.14. The molecule has 0 radical (unpaired) electrons. The van der Waals surface area contributed by atoms with Gasteiger partial charge in [0.1, 0.15) is 0 Å². The lowest BCUT2D eigenvalue weighted by Crippen LogP contribution is -2.15. The third kappa shape index (κ3) is 3.99. The molecule has 0 amide bonds. The lowest BCUT2D eigenvalue weighted by molar-refractivity contribution is 0.141. The molecule has 1 aromatic rings. The molecule has 1 aromatic heterocycles. The molecule has 0 saturated heterocycles. The molecule has 0 saturated carbocycles. The van der Waals surface area contributed by atoms with Crippen LogP contribution in [-0.4, -0.2) is 17.8 Å². The Balaban J connectivity index is 2.39. The highest BCUT2D eigenvalue weighted by Gasteiger charge is 2.11. The molecule has 0 aromatic carbocycles. The predicted octanol–water partition coefficient (Wildman–Crippen LogP) is 2.57. The van der Waals surface area contributed by atoms with Crippen molar-refractivity contribution in [2.75, 3.05) is 13.2 Å². The number of aryl methyl sites for hydroxylation is 1. The Hall–Kier alpha value is -0.800. The van der Waals surface area contributed by atoms with Crippen molar-refractivity contribution in [3.05, 3.63) is 24.0 Å². The van der Waals surface area contributed by atoms with Gasteiger partial charge in [0, 0.05) is 38.2 Å². The van der Waals surface area contributed by atoms with Gasteiger partial charge in [-0.1, -0.05) is 13.8 Å². The summed E-state index contributed by atoms with van der Waals surface area (Å²) in [5.41, 5.74) is 7.32. The van der Waals surface area contributed by atoms with Crippen molar-refractivity contribution in [1.82, 2.24) is 4.57 Å². The van der Waals surface area contributed by atoms with E-state index in [9.17, 15) is 0 Å². The van der Waals surface area contributed by atoms with Gasteiger partial charge in [-0.25, -0.2) is 0 Å². The fourth-order valence-corrected chi connectivity index (χ4v) is 1.67. The first kappa shape index (κ1) is 13.3. The zero-order valence-electron chi connectivity index (χ0n) is 10.6. The zero-order chi connectivity index (χ0) is 12.0. The quantitative estimate of drug-likeness (QED) is 0.723. The van der Waals surface area contributed by atoms with Crippen LogP contribution in [0.15, 0.2) is 18.5 Å². The van der Waals surface area contributed by atoms with E-state index in [1.54, 1.807) is 0 Å². The molecule has 0 aliphatic heterocycles. The van der Waals surface area contributed by atoms with E-state index >= 15 is 0 Å². The summed E-state index contributed by atoms with van der Waals surface area (Å²) in [7, 11) is 0. The summed E-state index contributed by atoms with van der Waals surface area (Å²) in [5, 5.41) is 0. The Bertz CT molecular complexity index is 294. The van der Waals surface area contributed by atoms with Crippen LogP contribution in [-0.2, 0) is 11.3 Å². The first-order valence-corrected chi connectivity index (χ1v) is 6.14. The lowest BCUT2D eigenvalue weighted by atomic mass is 10.00. The van der Waals surface area contributed by atoms with Crippen LogP contribution in [0.4, 0.5) is 0 Å². The number of hydrogen-bond donors (Lipinski definition) is 1. The zero-order valence-corrected chi connectivity index (χ0v) is 10.6. The van der Waals surface area contributed by atoms with E-state index < -0.39 is 0 Å². The summed E-state index contributed by atoms with van der Waals surface area (Å²) in [6.45, 7) is 8.96. The van der Waals surface area contributed by atoms with E-state index in [-0.39, 0.29) is 6.04 Å². The van der Waals surface area contributed by atoms with Gasteiger partial charge >= 0.3 is 0 Å². The highest BCUT2D eigenvalue weighted by Crippen LogP contribution is 2.18. The topological polar surface area (TPSA) is 40.2 Å². The van der Waals surface area contributed by atoms with Gasteiger partial charge in [0.25, 0.3) is 0 Å². The number of nitrogens with two attached hydrogens (primary N) is 1. The summed E-state index contributed by atoms with van der Waals surface area (Å²) in [6.07, 6.45) is 5.30. The SMILES string of the molecule is CCOCCCn1ccc(C(N)C(C)C)c1. The van der Waals surface area contributed by atoms with Gasteiger partial charge in [0.2, 0.25) is 0 Å². The molecule has 1 unspecified atom stereocenters. The van der Waals surface area contributed by atoms with Gasteiger partial charge in [0.05, 0.1) is 0 Å². The second-order valence-corrected chi connectivity index (χ2v) is 4.50. The minimum Gasteiger partial charge on any atom is -0.382 e. The van der Waals surface area contributed by atoms with Crippen LogP contribution in [0.25, 0.3) is 0 Å². The fraction of sp³-hybridized carbons (Fsp3) is 0.692. The molecule has 3 nitrogen and oxygen atoms in total. The van der Waals surface area contributed by atoms with Gasteiger partial charge in [-0.3, -0.25) is 0 Å². The van der Waals surface area contributed by atoms with Crippen molar-refractivity contribution < 1.29 is 4.74 Å². The highest BCUT2D eigenvalue weighted by molar-refractivity contribution is 5.15. The Morgan fingerprint density at radius 1 is 1.44 bits per heavy atom. The number of hydrogen-bond acceptors (Lipinski definition) is 2. The van der Waals surface area contributed by atoms with Crippen molar-refractivity contribution in [2.45, 2.75) is 39.8 Å². The van der Waals surface area contributed by atoms with Crippen LogP contribution in [0.1, 0.15) is 38.8 Å². The monoisotopic (exact) mass is 224 g/mol. The van der Waals surface area contributed by atoms with E-state index in [1.807, 2.05) is 6.92 Å². The second-order valence-electron chi connectivity index (χ2n) is 4.50. The molecule has 1 heterocycles. The van der Waals surface area contributed by atoms with Gasteiger partial charge in [-0.05, 0) is 30.9 Å². The molecule has 0 bridgehead atoms. The van der Waals surface area contributed by atoms with Gasteiger partial charge < -0.3 is 15.0 Å². The van der Waals surface area contributed by atoms with Crippen molar-refractivity contribution in [3.8, 4) is 0 Å². The Morgan fingerprint density at radius 2 is 2.19 bits per heavy atom. The molecule has 0 spiro atoms. The number of rotatable bonds is 7. The maximum absolute atomic E-state index is 6.09. The van der Waals surface area contributed by atoms with E-state index in [2.05, 4.69) is 36.9 Å². The van der Waals surface area contributed by atoms with Crippen molar-refractivity contribution >= 4 is 0 Å². The summed E-state index contributed by atoms with van der Waals surface area (Å²) in [6, 6.07) is 2.26. The van der Waals surface area contributed by atoms with Crippen LogP contribution in [0, 0.1) is 5.92 Å². The van der Waals surface area contributed by atoms with Crippen molar-refractivity contribution in [1.29, 1.82) is 0 Å². The smallest absolute Gasteiger partial charge is 0.0482 e. The molecule has 92 valence electrons. The average molecular weight is 224 g/mol. The third-order valence-electron chi connectivity index (χ3n) is 2.79. The van der Waals surface area contributed by atoms with Crippen LogP contribution in [0.3, 0.4) is 0 Å². The van der Waals surface area contributed by atoms with Gasteiger partial charge in [0.15, 0.2) is 0 Å². The molecule has 3 heteroatoms. The first-order chi connectivity index (χ1) is 7.65. The molecule has 1 atom stereocenters. The number of ether oxygens (including phenoxy) is 1. The van der Waals surface area contributed by atoms with Crippen LogP contribution < -0.4 is 5.73 Å². The Kier molecular flexibility index (Phi) is 5.56. The molecular weight excluding hydrogens is 200 g/mol. The normalized spacial score (nSPS) is 13.3. The fourth-order valence-electron chi connectivity index (χ4n) is 1.67. The molecular formula is C13H24N2O. The summed E-state index contributed by atoms with van der Waals surface area (Å²) < 4.78 is 7.50. The van der Waals surface area contributed by atoms with E-state index in [0.29, 0.717) is 5.92 Å². The summed E-state index contributed by atoms with van der Waals surface area (Å²) in [4.78, 5) is 0. The summed E-state index contributed by atoms with van der Waals surface area (Å²) >= 11 is 0. The van der Waals surface area contributed by atoms with E-state index in [0.717, 1.165) is 26.2 Å². The van der Waals surface area contributed by atoms with E-state index in [4.69, 9.17) is 10.5 Å². The standard InChI is InChI=1S/C13H24N2O/c1-4-16-9-5-7-15-8-6-12(10-15)13(14)11(2)3/h6,8,10-11,13H,4-5,7,9,14H2,1-3H3. The van der Waals surface area contributed by atoms with Gasteiger partial charge in [-0.2, -0.15) is 0 Å². The van der Waals surface area contributed by atoms with Crippen molar-refractivity contribution in [2.24, 2.45) is 11.7 Å². The Labute approximate surface area is 98.6 Å². The average Bonchev–Trinajstić information content (AvgIpc) is 2.72. The second kappa shape index (κ2) is 6.71. The third-order valence-corrected chi connectivity index (χ3v) is 2.79. The largest absolute Gasteiger partial charge is 0.382 e. The molecule has 2 N–H and O–H groups in total. The van der Waals surface area contributed by atoms with Crippen LogP contribution in [0.5, 0.6) is 0 Å². The molecule has 0 aliphatic carbocycles. The van der Waals surface area contributed by atoms with Crippen molar-refractivity contribution in [3.63, 3.8) is 0 Å². The molecule has 0 fully saturated rings. The van der Waals surface area contributed by atoms with Crippen LogP contribution >= 0.6 is 0 Å². The van der Waals surface area contributed by atoms with Gasteiger partial charge in [-0.15, -0.1) is 0 Å². The molecule has 1 rings (SSSR count). The summed E-state index contributed by atoms with van der Waals surface area (Å²) in [5.74, 6) is 0.485. The predicted molar refractivity (Wildman–Crippen MR) is 67.3 cm³/mol. The van der Waals surface area contributed by atoms with Crippen LogP contribution in [0.2, 0.25) is 0 Å². The highest BCUT2D eigenvalue weighted by atomic mass is 16.5. The maximum atomic E-state index is 6.09. The molecule has 16 heavy (non-hydrogen) atoms. The maximum Gasteiger partial charge on any atom is 0.0482 e. The minimum atomic E-state index is 0.146. The minimum absolute atomic E-state index is 0.146.